The molecule has 2 aromatic carbocycles. The van der Waals surface area contributed by atoms with Crippen molar-refractivity contribution in [2.75, 3.05) is 5.88 Å². The first-order valence-corrected chi connectivity index (χ1v) is 12.3. The van der Waals surface area contributed by atoms with Gasteiger partial charge < -0.3 is 5.32 Å². The van der Waals surface area contributed by atoms with Crippen LogP contribution < -0.4 is 5.32 Å². The molecule has 0 aliphatic rings. The minimum absolute atomic E-state index is 0.133. The molecule has 32 heavy (non-hydrogen) atoms. The summed E-state index contributed by atoms with van der Waals surface area (Å²) in [5, 5.41) is 13.3. The van der Waals surface area contributed by atoms with E-state index in [1.807, 2.05) is 50.5 Å². The molecule has 0 aliphatic heterocycles. The Morgan fingerprint density at radius 2 is 1.94 bits per heavy atom. The fraction of sp³-hybridized carbons (Fsp3) is 0.375. The zero-order chi connectivity index (χ0) is 23.5. The maximum atomic E-state index is 12.7. The van der Waals surface area contributed by atoms with Crippen molar-refractivity contribution in [2.24, 2.45) is 5.41 Å². The number of hydrogen-bond acceptors (Lipinski definition) is 4. The molecule has 3 rings (SSSR count). The molecule has 0 spiro atoms. The lowest BCUT2D eigenvalue weighted by atomic mass is 9.95. The van der Waals surface area contributed by atoms with Crippen molar-refractivity contribution < 1.29 is 4.79 Å². The molecule has 0 saturated heterocycles. The molecular formula is C24H28Cl2N4OS. The highest BCUT2D eigenvalue weighted by Gasteiger charge is 2.30. The molecule has 0 radical (unpaired) electrons. The largest absolute Gasteiger partial charge is 0.346 e. The molecule has 1 heterocycles. The van der Waals surface area contributed by atoms with Crippen LogP contribution in [0.3, 0.4) is 0 Å². The van der Waals surface area contributed by atoms with E-state index in [1.54, 1.807) is 11.8 Å². The van der Waals surface area contributed by atoms with Gasteiger partial charge in [-0.15, -0.1) is 21.8 Å². The number of hydrogen-bond donors (Lipinski definition) is 1. The van der Waals surface area contributed by atoms with Gasteiger partial charge >= 0.3 is 0 Å². The van der Waals surface area contributed by atoms with Crippen LogP contribution in [0.1, 0.15) is 49.3 Å². The molecule has 170 valence electrons. The summed E-state index contributed by atoms with van der Waals surface area (Å²) >= 11 is 13.9. The Bertz CT molecular complexity index is 1110. The lowest BCUT2D eigenvalue weighted by Gasteiger charge is -2.24. The number of alkyl halides is 1. The van der Waals surface area contributed by atoms with E-state index < -0.39 is 5.41 Å². The average Bonchev–Trinajstić information content (AvgIpc) is 3.17. The Morgan fingerprint density at radius 3 is 2.62 bits per heavy atom. The fourth-order valence-corrected chi connectivity index (χ4v) is 4.35. The average molecular weight is 491 g/mol. The maximum Gasteiger partial charge on any atom is 0.227 e. The zero-order valence-electron chi connectivity index (χ0n) is 18.9. The number of aromatic nitrogens is 3. The Hall–Kier alpha value is -2.02. The number of carbonyl (C=O) groups excluding carboxylic acids is 1. The van der Waals surface area contributed by atoms with Crippen molar-refractivity contribution in [1.82, 2.24) is 20.1 Å². The second-order valence-electron chi connectivity index (χ2n) is 8.60. The van der Waals surface area contributed by atoms with Gasteiger partial charge in [-0.2, -0.15) is 0 Å². The van der Waals surface area contributed by atoms with Crippen LogP contribution in [-0.2, 0) is 10.5 Å². The molecular weight excluding hydrogens is 463 g/mol. The van der Waals surface area contributed by atoms with Crippen molar-refractivity contribution in [2.45, 2.75) is 51.6 Å². The summed E-state index contributed by atoms with van der Waals surface area (Å²) in [5.74, 6) is 1.48. The van der Waals surface area contributed by atoms with Crippen LogP contribution in [0.5, 0.6) is 0 Å². The van der Waals surface area contributed by atoms with Crippen LogP contribution in [0.2, 0.25) is 5.02 Å². The third kappa shape index (κ3) is 5.66. The van der Waals surface area contributed by atoms with E-state index in [2.05, 4.69) is 46.7 Å². The molecule has 1 N–H and O–H groups in total. The number of halogens is 2. The second kappa shape index (κ2) is 10.3. The van der Waals surface area contributed by atoms with E-state index in [-0.39, 0.29) is 17.8 Å². The van der Waals surface area contributed by atoms with Crippen LogP contribution in [0, 0.1) is 19.3 Å². The lowest BCUT2D eigenvalue weighted by molar-refractivity contribution is -0.129. The predicted molar refractivity (Wildman–Crippen MR) is 133 cm³/mol. The normalized spacial score (nSPS) is 12.6. The van der Waals surface area contributed by atoms with E-state index >= 15 is 0 Å². The Balaban J connectivity index is 1.98. The standard InChI is InChI=1S/C24H28Cl2N4OS/c1-15-7-6-8-18(11-15)13-32-23-29-28-21(17(3)27-22(31)24(4,5)14-25)30(23)20-12-19(26)10-9-16(20)2/h6-12,17H,13-14H2,1-5H3,(H,27,31). The third-order valence-electron chi connectivity index (χ3n) is 5.20. The summed E-state index contributed by atoms with van der Waals surface area (Å²) in [4.78, 5) is 12.7. The molecule has 0 bridgehead atoms. The topological polar surface area (TPSA) is 59.8 Å². The summed E-state index contributed by atoms with van der Waals surface area (Å²) in [7, 11) is 0. The van der Waals surface area contributed by atoms with E-state index in [4.69, 9.17) is 23.2 Å². The molecule has 0 aliphatic carbocycles. The van der Waals surface area contributed by atoms with Gasteiger partial charge in [-0.05, 0) is 57.9 Å². The van der Waals surface area contributed by atoms with Crippen LogP contribution in [0.25, 0.3) is 5.69 Å². The van der Waals surface area contributed by atoms with Crippen molar-refractivity contribution in [3.05, 3.63) is 70.0 Å². The molecule has 3 aromatic rings. The van der Waals surface area contributed by atoms with E-state index in [9.17, 15) is 4.79 Å². The quantitative estimate of drug-likeness (QED) is 0.298. The first kappa shape index (κ1) is 24.6. The van der Waals surface area contributed by atoms with Gasteiger partial charge in [0.1, 0.15) is 0 Å². The van der Waals surface area contributed by atoms with Gasteiger partial charge in [0.2, 0.25) is 5.91 Å². The number of carbonyl (C=O) groups is 1. The fourth-order valence-electron chi connectivity index (χ4n) is 3.17. The minimum atomic E-state index is -0.685. The first-order chi connectivity index (χ1) is 15.1. The van der Waals surface area contributed by atoms with Crippen molar-refractivity contribution in [1.29, 1.82) is 0 Å². The zero-order valence-corrected chi connectivity index (χ0v) is 21.3. The van der Waals surface area contributed by atoms with Gasteiger partial charge in [0.15, 0.2) is 11.0 Å². The van der Waals surface area contributed by atoms with Gasteiger partial charge in [-0.1, -0.05) is 59.3 Å². The highest BCUT2D eigenvalue weighted by molar-refractivity contribution is 7.98. The number of aryl methyl sites for hydroxylation is 2. The van der Waals surface area contributed by atoms with Crippen molar-refractivity contribution in [3.8, 4) is 5.69 Å². The van der Waals surface area contributed by atoms with Gasteiger partial charge in [-0.25, -0.2) is 0 Å². The van der Waals surface area contributed by atoms with E-state index in [0.717, 1.165) is 22.2 Å². The summed E-state index contributed by atoms with van der Waals surface area (Å²) in [5.41, 5.74) is 3.66. The molecule has 1 aromatic heterocycles. The van der Waals surface area contributed by atoms with Gasteiger partial charge in [-0.3, -0.25) is 9.36 Å². The number of rotatable bonds is 8. The molecule has 1 atom stereocenters. The number of nitrogens with one attached hydrogen (secondary N) is 1. The summed E-state index contributed by atoms with van der Waals surface area (Å²) < 4.78 is 1.99. The summed E-state index contributed by atoms with van der Waals surface area (Å²) in [6.45, 7) is 9.63. The second-order valence-corrected chi connectivity index (χ2v) is 10.2. The molecule has 5 nitrogen and oxygen atoms in total. The molecule has 0 fully saturated rings. The maximum absolute atomic E-state index is 12.7. The Morgan fingerprint density at radius 1 is 1.19 bits per heavy atom. The highest BCUT2D eigenvalue weighted by atomic mass is 35.5. The molecule has 1 unspecified atom stereocenters. The van der Waals surface area contributed by atoms with Crippen LogP contribution >= 0.6 is 35.0 Å². The summed E-state index contributed by atoms with van der Waals surface area (Å²) in [6, 6.07) is 13.8. The van der Waals surface area contributed by atoms with Gasteiger partial charge in [0.05, 0.1) is 17.1 Å². The monoisotopic (exact) mass is 490 g/mol. The van der Waals surface area contributed by atoms with E-state index in [0.29, 0.717) is 10.8 Å². The number of thioether (sulfide) groups is 1. The van der Waals surface area contributed by atoms with Gasteiger partial charge in [0, 0.05) is 16.7 Å². The van der Waals surface area contributed by atoms with E-state index in [1.165, 1.54) is 11.1 Å². The Labute approximate surface area is 203 Å². The van der Waals surface area contributed by atoms with Crippen molar-refractivity contribution >= 4 is 40.9 Å². The third-order valence-corrected chi connectivity index (χ3v) is 7.11. The van der Waals surface area contributed by atoms with Crippen LogP contribution in [-0.4, -0.2) is 26.6 Å². The molecule has 8 heteroatoms. The number of benzene rings is 2. The van der Waals surface area contributed by atoms with Crippen LogP contribution in [0.4, 0.5) is 0 Å². The van der Waals surface area contributed by atoms with Gasteiger partial charge in [0.25, 0.3) is 0 Å². The predicted octanol–water partition coefficient (Wildman–Crippen LogP) is 6.27. The minimum Gasteiger partial charge on any atom is -0.346 e. The first-order valence-electron chi connectivity index (χ1n) is 10.4. The smallest absolute Gasteiger partial charge is 0.227 e. The molecule has 0 saturated carbocycles. The van der Waals surface area contributed by atoms with Crippen LogP contribution in [0.15, 0.2) is 47.6 Å². The number of amides is 1. The molecule has 1 amide bonds. The Kier molecular flexibility index (Phi) is 7.91. The number of nitrogens with zero attached hydrogens (tertiary/aromatic N) is 3. The summed E-state index contributed by atoms with van der Waals surface area (Å²) in [6.07, 6.45) is 0. The SMILES string of the molecule is Cc1cccc(CSc2nnc(C(C)NC(=O)C(C)(C)CCl)n2-c2cc(Cl)ccc2C)c1. The van der Waals surface area contributed by atoms with Crippen molar-refractivity contribution in [3.63, 3.8) is 0 Å². The highest BCUT2D eigenvalue weighted by Crippen LogP contribution is 2.31. The lowest BCUT2D eigenvalue weighted by Crippen LogP contribution is -2.40.